The first-order chi connectivity index (χ1) is 12.3. The largest absolute Gasteiger partial charge is 0.357 e. The van der Waals surface area contributed by atoms with Crippen LogP contribution >= 0.6 is 0 Å². The molecule has 7 nitrogen and oxygen atoms in total. The van der Waals surface area contributed by atoms with Gasteiger partial charge in [-0.2, -0.15) is 0 Å². The van der Waals surface area contributed by atoms with E-state index in [1.807, 2.05) is 28.8 Å². The summed E-state index contributed by atoms with van der Waals surface area (Å²) in [5.74, 6) is 1.68. The number of hydrogen-bond acceptors (Lipinski definition) is 4. The highest BCUT2D eigenvalue weighted by Gasteiger charge is 2.17. The van der Waals surface area contributed by atoms with Crippen molar-refractivity contribution >= 4 is 11.6 Å². The van der Waals surface area contributed by atoms with E-state index in [9.17, 15) is 0 Å². The van der Waals surface area contributed by atoms with Gasteiger partial charge in [-0.1, -0.05) is 12.5 Å². The van der Waals surface area contributed by atoms with Crippen LogP contribution in [-0.4, -0.2) is 57.7 Å². The van der Waals surface area contributed by atoms with Crippen LogP contribution in [0.15, 0.2) is 29.4 Å². The maximum Gasteiger partial charge on any atom is 0.191 e. The molecule has 0 saturated carbocycles. The molecule has 0 bridgehead atoms. The summed E-state index contributed by atoms with van der Waals surface area (Å²) in [6, 6.07) is 6.58. The molecule has 1 saturated heterocycles. The monoisotopic (exact) mass is 343 g/mol. The molecule has 136 valence electrons. The molecule has 3 heterocycles. The topological polar surface area (TPSA) is 69.8 Å². The van der Waals surface area contributed by atoms with Gasteiger partial charge in [0.25, 0.3) is 0 Å². The number of hydrogen-bond donors (Lipinski definition) is 2. The van der Waals surface area contributed by atoms with Crippen LogP contribution in [0.5, 0.6) is 0 Å². The second-order valence-electron chi connectivity index (χ2n) is 6.55. The van der Waals surface area contributed by atoms with Crippen molar-refractivity contribution in [3.8, 4) is 0 Å². The average Bonchev–Trinajstić information content (AvgIpc) is 3.04. The molecule has 0 aromatic carbocycles. The van der Waals surface area contributed by atoms with E-state index in [0.717, 1.165) is 37.1 Å². The zero-order valence-electron chi connectivity index (χ0n) is 15.3. The molecule has 0 radical (unpaired) electrons. The van der Waals surface area contributed by atoms with Crippen LogP contribution in [0.2, 0.25) is 0 Å². The zero-order chi connectivity index (χ0) is 17.5. The summed E-state index contributed by atoms with van der Waals surface area (Å²) < 4.78 is 1.97. The summed E-state index contributed by atoms with van der Waals surface area (Å²) in [6.07, 6.45) is 5.96. The van der Waals surface area contributed by atoms with E-state index in [2.05, 4.69) is 44.6 Å². The highest BCUT2D eigenvalue weighted by molar-refractivity contribution is 5.79. The van der Waals surface area contributed by atoms with E-state index in [1.54, 1.807) is 0 Å². The average molecular weight is 343 g/mol. The lowest BCUT2D eigenvalue weighted by molar-refractivity contribution is 0.163. The first-order valence-electron chi connectivity index (χ1n) is 9.33. The predicted molar refractivity (Wildman–Crippen MR) is 101 cm³/mol. The molecule has 1 unspecified atom stereocenters. The second kappa shape index (κ2) is 8.80. The third kappa shape index (κ3) is 4.69. The fourth-order valence-corrected chi connectivity index (χ4v) is 3.30. The molecule has 2 aromatic heterocycles. The Bertz CT molecular complexity index is 694. The normalized spacial score (nSPS) is 19.3. The number of nitrogens with one attached hydrogen (secondary N) is 2. The van der Waals surface area contributed by atoms with Gasteiger partial charge in [0.1, 0.15) is 6.54 Å². The number of guanidine groups is 1. The Morgan fingerprint density at radius 3 is 3.04 bits per heavy atom. The van der Waals surface area contributed by atoms with Gasteiger partial charge in [0.15, 0.2) is 17.4 Å². The highest BCUT2D eigenvalue weighted by atomic mass is 15.3. The number of aliphatic imine (C=N–C) groups is 1. The van der Waals surface area contributed by atoms with Gasteiger partial charge < -0.3 is 10.6 Å². The van der Waals surface area contributed by atoms with Crippen LogP contribution in [0.1, 0.15) is 38.9 Å². The summed E-state index contributed by atoms with van der Waals surface area (Å²) in [7, 11) is 0. The Balaban J connectivity index is 1.55. The highest BCUT2D eigenvalue weighted by Crippen LogP contribution is 2.15. The Morgan fingerprint density at radius 2 is 2.20 bits per heavy atom. The molecular formula is C18H29N7. The van der Waals surface area contributed by atoms with Crippen LogP contribution < -0.4 is 10.6 Å². The van der Waals surface area contributed by atoms with Crippen molar-refractivity contribution in [2.75, 3.05) is 26.2 Å². The molecule has 1 aliphatic heterocycles. The molecule has 0 spiro atoms. The Hall–Kier alpha value is -2.15. The molecule has 3 rings (SSSR count). The van der Waals surface area contributed by atoms with Crippen molar-refractivity contribution in [2.45, 2.75) is 45.7 Å². The van der Waals surface area contributed by atoms with Gasteiger partial charge in [-0.3, -0.25) is 9.30 Å². The van der Waals surface area contributed by atoms with E-state index in [1.165, 1.54) is 25.8 Å². The minimum absolute atomic E-state index is 0.501. The van der Waals surface area contributed by atoms with Crippen molar-refractivity contribution in [2.24, 2.45) is 4.99 Å². The van der Waals surface area contributed by atoms with Gasteiger partial charge in [-0.05, 0) is 45.4 Å². The Morgan fingerprint density at radius 1 is 1.28 bits per heavy atom. The summed E-state index contributed by atoms with van der Waals surface area (Å²) in [5.41, 5.74) is 0.852. The quantitative estimate of drug-likeness (QED) is 0.617. The number of piperidine rings is 1. The molecule has 2 N–H and O–H groups in total. The van der Waals surface area contributed by atoms with E-state index in [-0.39, 0.29) is 0 Å². The third-order valence-electron chi connectivity index (χ3n) is 4.74. The van der Waals surface area contributed by atoms with Gasteiger partial charge in [0, 0.05) is 31.9 Å². The summed E-state index contributed by atoms with van der Waals surface area (Å²) in [5, 5.41) is 15.1. The molecule has 0 aliphatic carbocycles. The van der Waals surface area contributed by atoms with Gasteiger partial charge in [0.2, 0.25) is 0 Å². The van der Waals surface area contributed by atoms with Gasteiger partial charge >= 0.3 is 0 Å². The Kier molecular flexibility index (Phi) is 6.22. The third-order valence-corrected chi connectivity index (χ3v) is 4.74. The lowest BCUT2D eigenvalue weighted by Crippen LogP contribution is -2.45. The van der Waals surface area contributed by atoms with E-state index in [4.69, 9.17) is 0 Å². The number of likely N-dealkylation sites (tertiary alicyclic amines) is 1. The molecule has 7 heteroatoms. The van der Waals surface area contributed by atoms with Crippen molar-refractivity contribution in [1.82, 2.24) is 30.1 Å². The molecule has 0 amide bonds. The summed E-state index contributed by atoms with van der Waals surface area (Å²) in [6.45, 7) is 8.91. The summed E-state index contributed by atoms with van der Waals surface area (Å²) >= 11 is 0. The van der Waals surface area contributed by atoms with E-state index < -0.39 is 0 Å². The van der Waals surface area contributed by atoms with Crippen LogP contribution in [0, 0.1) is 0 Å². The summed E-state index contributed by atoms with van der Waals surface area (Å²) in [4.78, 5) is 7.22. The number of nitrogens with zero attached hydrogens (tertiary/aromatic N) is 5. The van der Waals surface area contributed by atoms with E-state index in [0.29, 0.717) is 12.6 Å². The number of aromatic nitrogens is 3. The van der Waals surface area contributed by atoms with Crippen LogP contribution in [0.4, 0.5) is 0 Å². The van der Waals surface area contributed by atoms with Crippen molar-refractivity contribution in [1.29, 1.82) is 0 Å². The number of rotatable bonds is 6. The lowest BCUT2D eigenvalue weighted by atomic mass is 10.0. The molecule has 1 atom stereocenters. The molecule has 1 fully saturated rings. The smallest absolute Gasteiger partial charge is 0.191 e. The SMILES string of the molecule is CCNC(=NCc1nnc2ccccn12)NCCN1CCCCC1C. The van der Waals surface area contributed by atoms with Crippen molar-refractivity contribution in [3.05, 3.63) is 30.2 Å². The van der Waals surface area contributed by atoms with E-state index >= 15 is 0 Å². The fourth-order valence-electron chi connectivity index (χ4n) is 3.30. The molecule has 1 aliphatic rings. The predicted octanol–water partition coefficient (Wildman–Crippen LogP) is 1.66. The van der Waals surface area contributed by atoms with Gasteiger partial charge in [-0.25, -0.2) is 4.99 Å². The van der Waals surface area contributed by atoms with Crippen molar-refractivity contribution in [3.63, 3.8) is 0 Å². The lowest BCUT2D eigenvalue weighted by Gasteiger charge is -2.33. The van der Waals surface area contributed by atoms with Crippen molar-refractivity contribution < 1.29 is 0 Å². The standard InChI is InChI=1S/C18H29N7/c1-3-19-18(20-10-13-24-11-6-4-8-15(24)2)21-14-17-23-22-16-9-5-7-12-25(16)17/h5,7,9,12,15H,3-4,6,8,10-11,13-14H2,1-2H3,(H2,19,20,21). The minimum atomic E-state index is 0.501. The maximum atomic E-state index is 4.66. The van der Waals surface area contributed by atoms with Crippen LogP contribution in [0.25, 0.3) is 5.65 Å². The maximum absolute atomic E-state index is 4.66. The van der Waals surface area contributed by atoms with Gasteiger partial charge in [-0.15, -0.1) is 10.2 Å². The number of fused-ring (bicyclic) bond motifs is 1. The van der Waals surface area contributed by atoms with Crippen LogP contribution in [0.3, 0.4) is 0 Å². The molecule has 2 aromatic rings. The van der Waals surface area contributed by atoms with Crippen LogP contribution in [-0.2, 0) is 6.54 Å². The minimum Gasteiger partial charge on any atom is -0.357 e. The van der Waals surface area contributed by atoms with Gasteiger partial charge in [0.05, 0.1) is 0 Å². The second-order valence-corrected chi connectivity index (χ2v) is 6.55. The molecular weight excluding hydrogens is 314 g/mol. The Labute approximate surface area is 149 Å². The molecule has 25 heavy (non-hydrogen) atoms. The fraction of sp³-hybridized carbons (Fsp3) is 0.611. The first-order valence-corrected chi connectivity index (χ1v) is 9.33. The first kappa shape index (κ1) is 17.7. The number of pyridine rings is 1. The zero-order valence-corrected chi connectivity index (χ0v) is 15.3.